The van der Waals surface area contributed by atoms with Crippen molar-refractivity contribution in [2.45, 2.75) is 32.0 Å². The molecule has 0 bridgehead atoms. The van der Waals surface area contributed by atoms with Crippen molar-refractivity contribution in [3.05, 3.63) is 108 Å². The first-order valence-corrected chi connectivity index (χ1v) is 14.1. The van der Waals surface area contributed by atoms with Gasteiger partial charge in [0.05, 0.1) is 19.1 Å². The van der Waals surface area contributed by atoms with E-state index < -0.39 is 6.04 Å². The van der Waals surface area contributed by atoms with Gasteiger partial charge in [0.15, 0.2) is 0 Å². The summed E-state index contributed by atoms with van der Waals surface area (Å²) < 4.78 is 0. The van der Waals surface area contributed by atoms with Crippen LogP contribution in [0.5, 0.6) is 0 Å². The Balaban J connectivity index is 1.40. The largest absolute Gasteiger partial charge is 0.355 e. The summed E-state index contributed by atoms with van der Waals surface area (Å²) in [5.74, 6) is -0.415. The van der Waals surface area contributed by atoms with Crippen molar-refractivity contribution in [3.8, 4) is 0 Å². The van der Waals surface area contributed by atoms with Crippen molar-refractivity contribution < 1.29 is 14.4 Å². The van der Waals surface area contributed by atoms with E-state index in [-0.39, 0.29) is 30.8 Å². The Morgan fingerprint density at radius 2 is 1.20 bits per heavy atom. The van der Waals surface area contributed by atoms with Gasteiger partial charge < -0.3 is 31.9 Å². The fraction of sp³-hybridized carbons (Fsp3) is 0.344. The van der Waals surface area contributed by atoms with Gasteiger partial charge in [-0.3, -0.25) is 14.4 Å². The molecule has 3 amide bonds. The average Bonchev–Trinajstić information content (AvgIpc) is 2.99. The second-order valence-electron chi connectivity index (χ2n) is 9.85. The molecule has 0 aliphatic rings. The van der Waals surface area contributed by atoms with E-state index >= 15 is 0 Å². The van der Waals surface area contributed by atoms with Crippen molar-refractivity contribution in [1.82, 2.24) is 26.2 Å². The number of hydrogen-bond donors (Lipinski definition) is 5. The minimum absolute atomic E-state index is 0.0698. The van der Waals surface area contributed by atoms with Gasteiger partial charge in [0.25, 0.3) is 0 Å². The third-order valence-electron chi connectivity index (χ3n) is 6.50. The van der Waals surface area contributed by atoms with Crippen molar-refractivity contribution in [1.29, 1.82) is 0 Å². The lowest BCUT2D eigenvalue weighted by Gasteiger charge is -2.24. The standard InChI is InChI=1S/C32H42N6O3/c33-29(21-26-11-4-1-5-12-26)32(41)37-18-20-38(31(40)25-35-23-28-15-8-3-9-16-28)19-10-17-36-30(39)24-34-22-27-13-6-2-7-14-27/h1-9,11-16,29,34-35H,10,17-25,33H2,(H,36,39)(H,37,41). The van der Waals surface area contributed by atoms with Gasteiger partial charge in [0.2, 0.25) is 17.7 Å². The van der Waals surface area contributed by atoms with Crippen molar-refractivity contribution in [2.75, 3.05) is 39.3 Å². The van der Waals surface area contributed by atoms with E-state index in [0.29, 0.717) is 52.1 Å². The molecule has 0 aliphatic carbocycles. The molecule has 0 fully saturated rings. The first kappa shape index (κ1) is 31.5. The number of nitrogens with two attached hydrogens (primary N) is 1. The summed E-state index contributed by atoms with van der Waals surface area (Å²) in [4.78, 5) is 39.5. The number of carbonyl (C=O) groups is 3. The Bertz CT molecular complexity index is 1180. The third kappa shape index (κ3) is 12.8. The molecular formula is C32H42N6O3. The minimum atomic E-state index is -0.667. The van der Waals surface area contributed by atoms with E-state index in [2.05, 4.69) is 21.3 Å². The van der Waals surface area contributed by atoms with Gasteiger partial charge in [-0.1, -0.05) is 91.0 Å². The molecule has 1 atom stereocenters. The summed E-state index contributed by atoms with van der Waals surface area (Å²) in [6.07, 6.45) is 1.04. The summed E-state index contributed by atoms with van der Waals surface area (Å²) in [7, 11) is 0. The Labute approximate surface area is 242 Å². The molecule has 0 saturated heterocycles. The molecule has 6 N–H and O–H groups in total. The van der Waals surface area contributed by atoms with Gasteiger partial charge in [0, 0.05) is 39.3 Å². The van der Waals surface area contributed by atoms with Gasteiger partial charge in [-0.05, 0) is 29.5 Å². The van der Waals surface area contributed by atoms with Crippen molar-refractivity contribution in [3.63, 3.8) is 0 Å². The van der Waals surface area contributed by atoms with Crippen LogP contribution in [0.4, 0.5) is 0 Å². The summed E-state index contributed by atoms with van der Waals surface area (Å²) in [6.45, 7) is 3.13. The molecule has 0 saturated carbocycles. The maximum Gasteiger partial charge on any atom is 0.237 e. The number of nitrogens with one attached hydrogen (secondary N) is 4. The first-order chi connectivity index (χ1) is 20.0. The molecule has 1 unspecified atom stereocenters. The van der Waals surface area contributed by atoms with Crippen molar-refractivity contribution in [2.24, 2.45) is 5.73 Å². The lowest BCUT2D eigenvalue weighted by molar-refractivity contribution is -0.131. The van der Waals surface area contributed by atoms with Crippen LogP contribution in [-0.4, -0.2) is 67.9 Å². The maximum absolute atomic E-state index is 13.0. The van der Waals surface area contributed by atoms with Crippen molar-refractivity contribution >= 4 is 17.7 Å². The number of benzene rings is 3. The Morgan fingerprint density at radius 1 is 0.659 bits per heavy atom. The average molecular weight is 559 g/mol. The van der Waals surface area contributed by atoms with Crippen LogP contribution < -0.4 is 27.0 Å². The number of carbonyl (C=O) groups excluding carboxylic acids is 3. The molecule has 3 aromatic carbocycles. The highest BCUT2D eigenvalue weighted by Crippen LogP contribution is 2.02. The molecule has 3 rings (SSSR count). The fourth-order valence-corrected chi connectivity index (χ4v) is 4.26. The number of hydrogen-bond acceptors (Lipinski definition) is 6. The SMILES string of the molecule is NC(Cc1ccccc1)C(=O)NCCN(CCCNC(=O)CNCc1ccccc1)C(=O)CNCc1ccccc1. The predicted octanol–water partition coefficient (Wildman–Crippen LogP) is 1.59. The van der Waals surface area contributed by atoms with Crippen LogP contribution in [0, 0.1) is 0 Å². The monoisotopic (exact) mass is 558 g/mol. The molecule has 0 spiro atoms. The first-order valence-electron chi connectivity index (χ1n) is 14.1. The highest BCUT2D eigenvalue weighted by atomic mass is 16.2. The fourth-order valence-electron chi connectivity index (χ4n) is 4.26. The molecular weight excluding hydrogens is 516 g/mol. The van der Waals surface area contributed by atoms with Gasteiger partial charge in [-0.2, -0.15) is 0 Å². The third-order valence-corrected chi connectivity index (χ3v) is 6.50. The van der Waals surface area contributed by atoms with Gasteiger partial charge in [-0.15, -0.1) is 0 Å². The maximum atomic E-state index is 13.0. The number of nitrogens with zero attached hydrogens (tertiary/aromatic N) is 1. The summed E-state index contributed by atoms with van der Waals surface area (Å²) in [5.41, 5.74) is 9.29. The van der Waals surface area contributed by atoms with Crippen LogP contribution in [0.2, 0.25) is 0 Å². The van der Waals surface area contributed by atoms with Crippen LogP contribution in [0.25, 0.3) is 0 Å². The minimum Gasteiger partial charge on any atom is -0.355 e. The normalized spacial score (nSPS) is 11.4. The molecule has 9 heteroatoms. The molecule has 41 heavy (non-hydrogen) atoms. The van der Waals surface area contributed by atoms with E-state index in [1.807, 2.05) is 91.0 Å². The van der Waals surface area contributed by atoms with E-state index in [1.54, 1.807) is 4.90 Å². The molecule has 0 aromatic heterocycles. The smallest absolute Gasteiger partial charge is 0.237 e. The highest BCUT2D eigenvalue weighted by molar-refractivity contribution is 5.82. The predicted molar refractivity (Wildman–Crippen MR) is 162 cm³/mol. The molecule has 218 valence electrons. The summed E-state index contributed by atoms with van der Waals surface area (Å²) >= 11 is 0. The summed E-state index contributed by atoms with van der Waals surface area (Å²) in [6, 6.07) is 28.7. The van der Waals surface area contributed by atoms with Crippen LogP contribution in [0.3, 0.4) is 0 Å². The zero-order valence-corrected chi connectivity index (χ0v) is 23.6. The Hall–Kier alpha value is -4.05. The Morgan fingerprint density at radius 3 is 1.78 bits per heavy atom. The molecule has 0 radical (unpaired) electrons. The van der Waals surface area contributed by atoms with E-state index in [1.165, 1.54) is 0 Å². The van der Waals surface area contributed by atoms with Gasteiger partial charge >= 0.3 is 0 Å². The summed E-state index contributed by atoms with van der Waals surface area (Å²) in [5, 5.41) is 12.1. The van der Waals surface area contributed by atoms with Gasteiger partial charge in [0.1, 0.15) is 0 Å². The molecule has 9 nitrogen and oxygen atoms in total. The second kappa shape index (κ2) is 18.3. The quantitative estimate of drug-likeness (QED) is 0.151. The van der Waals surface area contributed by atoms with E-state index in [4.69, 9.17) is 5.73 Å². The topological polar surface area (TPSA) is 129 Å². The molecule has 0 aliphatic heterocycles. The van der Waals surface area contributed by atoms with E-state index in [9.17, 15) is 14.4 Å². The van der Waals surface area contributed by atoms with Crippen LogP contribution in [-0.2, 0) is 33.9 Å². The molecule has 0 heterocycles. The highest BCUT2D eigenvalue weighted by Gasteiger charge is 2.16. The van der Waals surface area contributed by atoms with Crippen LogP contribution in [0.15, 0.2) is 91.0 Å². The lowest BCUT2D eigenvalue weighted by atomic mass is 10.1. The zero-order chi connectivity index (χ0) is 29.1. The lowest BCUT2D eigenvalue weighted by Crippen LogP contribution is -2.47. The number of rotatable bonds is 18. The van der Waals surface area contributed by atoms with Crippen LogP contribution >= 0.6 is 0 Å². The van der Waals surface area contributed by atoms with Gasteiger partial charge in [-0.25, -0.2) is 0 Å². The van der Waals surface area contributed by atoms with Crippen LogP contribution in [0.1, 0.15) is 23.1 Å². The Kier molecular flexibility index (Phi) is 14.1. The zero-order valence-electron chi connectivity index (χ0n) is 23.6. The number of amides is 3. The molecule has 3 aromatic rings. The second-order valence-corrected chi connectivity index (χ2v) is 9.85. The van der Waals surface area contributed by atoms with E-state index in [0.717, 1.165) is 16.7 Å².